The monoisotopic (exact) mass is 224 g/mol. The Labute approximate surface area is 96.9 Å². The Morgan fingerprint density at radius 1 is 1.27 bits per heavy atom. The lowest BCUT2D eigenvalue weighted by Gasteiger charge is -2.04. The van der Waals surface area contributed by atoms with Gasteiger partial charge in [0.25, 0.3) is 0 Å². The van der Waals surface area contributed by atoms with Gasteiger partial charge in [-0.3, -0.25) is 0 Å². The fourth-order valence-electron chi connectivity index (χ4n) is 1.30. The molecule has 1 aromatic heterocycles. The molecular formula is C12H20N2S. The number of anilines is 1. The van der Waals surface area contributed by atoms with Crippen LogP contribution in [0.15, 0.2) is 23.2 Å². The molecule has 0 saturated heterocycles. The van der Waals surface area contributed by atoms with Crippen molar-refractivity contribution >= 4 is 17.6 Å². The molecule has 0 aliphatic heterocycles. The summed E-state index contributed by atoms with van der Waals surface area (Å²) in [5.74, 6) is 2.16. The summed E-state index contributed by atoms with van der Waals surface area (Å²) in [6.07, 6.45) is 3.89. The summed E-state index contributed by atoms with van der Waals surface area (Å²) in [5.41, 5.74) is 0. The highest BCUT2D eigenvalue weighted by atomic mass is 32.2. The average Bonchev–Trinajstić information content (AvgIpc) is 2.26. The van der Waals surface area contributed by atoms with Crippen molar-refractivity contribution in [3.05, 3.63) is 18.2 Å². The predicted octanol–water partition coefficient (Wildman–Crippen LogP) is 3.80. The Hall–Kier alpha value is -0.700. The Bertz CT molecular complexity index is 276. The van der Waals surface area contributed by atoms with Gasteiger partial charge in [0, 0.05) is 6.54 Å². The number of nitrogens with one attached hydrogen (secondary N) is 1. The van der Waals surface area contributed by atoms with Gasteiger partial charge in [-0.15, -0.1) is 11.8 Å². The molecule has 0 aliphatic carbocycles. The summed E-state index contributed by atoms with van der Waals surface area (Å²) < 4.78 is 0. The molecule has 0 saturated carbocycles. The Morgan fingerprint density at radius 3 is 2.87 bits per heavy atom. The molecule has 3 heteroatoms. The third-order valence-corrected chi connectivity index (χ3v) is 3.10. The number of hydrogen-bond donors (Lipinski definition) is 1. The molecular weight excluding hydrogens is 204 g/mol. The molecule has 0 bridgehead atoms. The number of unbranched alkanes of at least 4 members (excludes halogenated alkanes) is 2. The minimum absolute atomic E-state index is 0.928. The van der Waals surface area contributed by atoms with E-state index in [-0.39, 0.29) is 0 Å². The average molecular weight is 224 g/mol. The molecule has 1 heterocycles. The second-order valence-electron chi connectivity index (χ2n) is 3.45. The van der Waals surface area contributed by atoms with Crippen LogP contribution in [0.25, 0.3) is 0 Å². The van der Waals surface area contributed by atoms with Crippen molar-refractivity contribution in [2.45, 2.75) is 38.1 Å². The molecule has 15 heavy (non-hydrogen) atoms. The van der Waals surface area contributed by atoms with Crippen LogP contribution in [0.3, 0.4) is 0 Å². The summed E-state index contributed by atoms with van der Waals surface area (Å²) >= 11 is 1.85. The molecule has 0 radical (unpaired) electrons. The highest BCUT2D eigenvalue weighted by Gasteiger charge is 1.97. The molecule has 0 amide bonds. The first-order valence-corrected chi connectivity index (χ1v) is 6.69. The normalized spacial score (nSPS) is 10.3. The fraction of sp³-hybridized carbons (Fsp3) is 0.583. The van der Waals surface area contributed by atoms with Gasteiger partial charge in [-0.05, 0) is 31.2 Å². The van der Waals surface area contributed by atoms with E-state index in [0.29, 0.717) is 0 Å². The van der Waals surface area contributed by atoms with E-state index >= 15 is 0 Å². The summed E-state index contributed by atoms with van der Waals surface area (Å²) in [6.45, 7) is 5.24. The fourth-order valence-corrected chi connectivity index (χ4v) is 2.20. The second-order valence-corrected chi connectivity index (χ2v) is 4.56. The number of pyridine rings is 1. The number of nitrogens with zero attached hydrogens (tertiary/aromatic N) is 1. The van der Waals surface area contributed by atoms with Gasteiger partial charge in [0.2, 0.25) is 0 Å². The van der Waals surface area contributed by atoms with Crippen LogP contribution in [-0.4, -0.2) is 17.3 Å². The maximum absolute atomic E-state index is 4.51. The van der Waals surface area contributed by atoms with Crippen LogP contribution in [0.1, 0.15) is 33.1 Å². The van der Waals surface area contributed by atoms with Crippen LogP contribution in [0.2, 0.25) is 0 Å². The first-order chi connectivity index (χ1) is 7.36. The van der Waals surface area contributed by atoms with Crippen molar-refractivity contribution in [2.75, 3.05) is 17.6 Å². The first kappa shape index (κ1) is 12.4. The quantitative estimate of drug-likeness (QED) is 0.563. The van der Waals surface area contributed by atoms with Crippen molar-refractivity contribution < 1.29 is 0 Å². The van der Waals surface area contributed by atoms with Gasteiger partial charge in [-0.25, -0.2) is 4.98 Å². The molecule has 1 aromatic rings. The van der Waals surface area contributed by atoms with Crippen LogP contribution in [0, 0.1) is 0 Å². The zero-order chi connectivity index (χ0) is 10.9. The largest absolute Gasteiger partial charge is 0.370 e. The molecule has 2 nitrogen and oxygen atoms in total. The highest BCUT2D eigenvalue weighted by Crippen LogP contribution is 2.18. The third kappa shape index (κ3) is 5.07. The molecule has 1 rings (SSSR count). The zero-order valence-corrected chi connectivity index (χ0v) is 10.4. The topological polar surface area (TPSA) is 24.9 Å². The SMILES string of the molecule is CCCCCSc1cccc(NCC)n1. The van der Waals surface area contributed by atoms with E-state index in [1.165, 1.54) is 25.0 Å². The van der Waals surface area contributed by atoms with Gasteiger partial charge < -0.3 is 5.32 Å². The maximum Gasteiger partial charge on any atom is 0.127 e. The standard InChI is InChI=1S/C12H20N2S/c1-3-5-6-10-15-12-9-7-8-11(14-12)13-4-2/h7-9H,3-6,10H2,1-2H3,(H,13,14). The highest BCUT2D eigenvalue weighted by molar-refractivity contribution is 7.99. The molecule has 0 aromatic carbocycles. The minimum Gasteiger partial charge on any atom is -0.370 e. The van der Waals surface area contributed by atoms with Crippen molar-refractivity contribution in [2.24, 2.45) is 0 Å². The molecule has 0 spiro atoms. The second kappa shape index (κ2) is 7.57. The van der Waals surface area contributed by atoms with Crippen molar-refractivity contribution in [3.63, 3.8) is 0 Å². The van der Waals surface area contributed by atoms with Gasteiger partial charge in [-0.1, -0.05) is 25.8 Å². The van der Waals surface area contributed by atoms with Crippen LogP contribution in [-0.2, 0) is 0 Å². The summed E-state index contributed by atoms with van der Waals surface area (Å²) in [7, 11) is 0. The van der Waals surface area contributed by atoms with Crippen molar-refractivity contribution in [1.29, 1.82) is 0 Å². The predicted molar refractivity (Wildman–Crippen MR) is 68.6 cm³/mol. The number of thioether (sulfide) groups is 1. The van der Waals surface area contributed by atoms with E-state index in [2.05, 4.69) is 36.3 Å². The molecule has 84 valence electrons. The van der Waals surface area contributed by atoms with Crippen molar-refractivity contribution in [1.82, 2.24) is 4.98 Å². The van der Waals surface area contributed by atoms with Gasteiger partial charge in [-0.2, -0.15) is 0 Å². The third-order valence-electron chi connectivity index (χ3n) is 2.08. The van der Waals surface area contributed by atoms with E-state index < -0.39 is 0 Å². The number of rotatable bonds is 7. The lowest BCUT2D eigenvalue weighted by Crippen LogP contribution is -1.99. The maximum atomic E-state index is 4.51. The van der Waals surface area contributed by atoms with E-state index in [1.807, 2.05) is 17.8 Å². The summed E-state index contributed by atoms with van der Waals surface area (Å²) in [5, 5.41) is 4.35. The Balaban J connectivity index is 2.36. The lowest BCUT2D eigenvalue weighted by molar-refractivity contribution is 0.778. The van der Waals surface area contributed by atoms with E-state index in [9.17, 15) is 0 Å². The first-order valence-electron chi connectivity index (χ1n) is 5.70. The van der Waals surface area contributed by atoms with E-state index in [4.69, 9.17) is 0 Å². The molecule has 0 atom stereocenters. The smallest absolute Gasteiger partial charge is 0.127 e. The molecule has 0 fully saturated rings. The zero-order valence-electron chi connectivity index (χ0n) is 9.62. The lowest BCUT2D eigenvalue weighted by atomic mass is 10.3. The van der Waals surface area contributed by atoms with E-state index in [0.717, 1.165) is 17.4 Å². The van der Waals surface area contributed by atoms with Gasteiger partial charge in [0.05, 0.1) is 5.03 Å². The minimum atomic E-state index is 0.928. The molecule has 0 aliphatic rings. The molecule has 0 unspecified atom stereocenters. The summed E-state index contributed by atoms with van der Waals surface area (Å²) in [6, 6.07) is 6.16. The number of hydrogen-bond acceptors (Lipinski definition) is 3. The van der Waals surface area contributed by atoms with Crippen LogP contribution in [0.4, 0.5) is 5.82 Å². The van der Waals surface area contributed by atoms with Gasteiger partial charge in [0.1, 0.15) is 5.82 Å². The van der Waals surface area contributed by atoms with Crippen LogP contribution >= 0.6 is 11.8 Å². The van der Waals surface area contributed by atoms with Crippen LogP contribution < -0.4 is 5.32 Å². The number of aromatic nitrogens is 1. The van der Waals surface area contributed by atoms with Gasteiger partial charge in [0.15, 0.2) is 0 Å². The molecule has 1 N–H and O–H groups in total. The van der Waals surface area contributed by atoms with E-state index in [1.54, 1.807) is 0 Å². The van der Waals surface area contributed by atoms with Crippen molar-refractivity contribution in [3.8, 4) is 0 Å². The Kier molecular flexibility index (Phi) is 6.25. The summed E-state index contributed by atoms with van der Waals surface area (Å²) in [4.78, 5) is 4.51. The van der Waals surface area contributed by atoms with Gasteiger partial charge >= 0.3 is 0 Å². The van der Waals surface area contributed by atoms with Crippen LogP contribution in [0.5, 0.6) is 0 Å². The Morgan fingerprint density at radius 2 is 2.13 bits per heavy atom.